The summed E-state index contributed by atoms with van der Waals surface area (Å²) in [5, 5.41) is 13.7. The summed E-state index contributed by atoms with van der Waals surface area (Å²) in [7, 11) is 0. The highest BCUT2D eigenvalue weighted by Gasteiger charge is 2.41. The number of phenols is 1. The zero-order valence-electron chi connectivity index (χ0n) is 14.4. The van der Waals surface area contributed by atoms with Crippen LogP contribution in [0.15, 0.2) is 67.0 Å². The summed E-state index contributed by atoms with van der Waals surface area (Å²) in [5.41, 5.74) is 3.06. The molecule has 3 aromatic rings. The zero-order chi connectivity index (χ0) is 18.1. The Balaban J connectivity index is 1.84. The highest BCUT2D eigenvalue weighted by atomic mass is 32.1. The van der Waals surface area contributed by atoms with E-state index in [1.165, 1.54) is 5.69 Å². The quantitative estimate of drug-likeness (QED) is 0.690. The minimum atomic E-state index is -0.0577. The molecule has 0 radical (unpaired) electrons. The fraction of sp³-hybridized carbons (Fsp3) is 0.200. The monoisotopic (exact) mass is 364 g/mol. The molecular weight excluding hydrogens is 344 g/mol. The van der Waals surface area contributed by atoms with Crippen molar-refractivity contribution in [2.75, 3.05) is 4.90 Å². The van der Waals surface area contributed by atoms with E-state index in [-0.39, 0.29) is 17.8 Å². The molecule has 2 aromatic heterocycles. The van der Waals surface area contributed by atoms with Crippen molar-refractivity contribution in [1.82, 2.24) is 14.9 Å². The van der Waals surface area contributed by atoms with Crippen LogP contribution in [0.5, 0.6) is 5.75 Å². The third-order valence-corrected chi connectivity index (χ3v) is 5.05. The molecule has 1 aliphatic rings. The molecule has 132 valence electrons. The van der Waals surface area contributed by atoms with Crippen LogP contribution in [0.2, 0.25) is 0 Å². The van der Waals surface area contributed by atoms with Crippen molar-refractivity contribution in [3.05, 3.63) is 78.4 Å². The van der Waals surface area contributed by atoms with E-state index >= 15 is 0 Å². The second kappa shape index (κ2) is 6.80. The van der Waals surface area contributed by atoms with E-state index in [4.69, 9.17) is 12.2 Å². The number of thiocarbonyl (C=S) groups is 1. The van der Waals surface area contributed by atoms with E-state index in [9.17, 15) is 5.11 Å². The van der Waals surface area contributed by atoms with Crippen molar-refractivity contribution < 1.29 is 5.11 Å². The number of phenolic OH excluding ortho intramolecular Hbond substituents is 1. The Bertz CT molecular complexity index is 907. The lowest BCUT2D eigenvalue weighted by atomic mass is 10.0. The van der Waals surface area contributed by atoms with Crippen molar-refractivity contribution in [3.8, 4) is 5.75 Å². The molecular formula is C20H20N4OS. The largest absolute Gasteiger partial charge is 0.508 e. The van der Waals surface area contributed by atoms with Gasteiger partial charge in [0.25, 0.3) is 0 Å². The number of pyridine rings is 1. The molecule has 0 unspecified atom stereocenters. The summed E-state index contributed by atoms with van der Waals surface area (Å²) in [6.45, 7) is 3.01. The van der Waals surface area contributed by atoms with Gasteiger partial charge in [-0.25, -0.2) is 0 Å². The maximum absolute atomic E-state index is 9.65. The number of aromatic hydroxyl groups is 1. The van der Waals surface area contributed by atoms with Gasteiger partial charge in [0.1, 0.15) is 11.8 Å². The molecule has 26 heavy (non-hydrogen) atoms. The van der Waals surface area contributed by atoms with E-state index in [1.54, 1.807) is 18.3 Å². The molecule has 2 atom stereocenters. The number of aryl methyl sites for hydroxylation is 1. The number of hydrogen-bond donors (Lipinski definition) is 2. The number of aromatic nitrogens is 2. The summed E-state index contributed by atoms with van der Waals surface area (Å²) in [6, 6.07) is 17.2. The van der Waals surface area contributed by atoms with E-state index in [1.807, 2.05) is 30.3 Å². The van der Waals surface area contributed by atoms with Gasteiger partial charge in [0, 0.05) is 30.3 Å². The van der Waals surface area contributed by atoms with Gasteiger partial charge in [-0.3, -0.25) is 4.98 Å². The van der Waals surface area contributed by atoms with Gasteiger partial charge in [0.05, 0.1) is 11.7 Å². The molecule has 0 bridgehead atoms. The summed E-state index contributed by atoms with van der Waals surface area (Å²) in [6.07, 6.45) is 3.89. The van der Waals surface area contributed by atoms with E-state index < -0.39 is 0 Å². The third kappa shape index (κ3) is 2.82. The predicted molar refractivity (Wildman–Crippen MR) is 106 cm³/mol. The van der Waals surface area contributed by atoms with Gasteiger partial charge in [-0.1, -0.05) is 6.07 Å². The lowest BCUT2D eigenvalue weighted by Gasteiger charge is -2.28. The van der Waals surface area contributed by atoms with Gasteiger partial charge in [-0.15, -0.1) is 0 Å². The van der Waals surface area contributed by atoms with Gasteiger partial charge in [0.15, 0.2) is 5.11 Å². The third-order valence-electron chi connectivity index (χ3n) is 4.73. The van der Waals surface area contributed by atoms with Gasteiger partial charge >= 0.3 is 0 Å². The zero-order valence-corrected chi connectivity index (χ0v) is 15.2. The Morgan fingerprint density at radius 3 is 2.62 bits per heavy atom. The van der Waals surface area contributed by atoms with E-state index in [0.29, 0.717) is 5.11 Å². The molecule has 1 saturated heterocycles. The number of nitrogens with zero attached hydrogens (tertiary/aromatic N) is 3. The molecule has 3 heterocycles. The molecule has 0 saturated carbocycles. The Labute approximate surface area is 157 Å². The minimum Gasteiger partial charge on any atom is -0.508 e. The van der Waals surface area contributed by atoms with Crippen LogP contribution >= 0.6 is 12.2 Å². The normalized spacial score (nSPS) is 19.6. The Kier molecular flexibility index (Phi) is 4.34. The van der Waals surface area contributed by atoms with Gasteiger partial charge in [-0.2, -0.15) is 0 Å². The maximum Gasteiger partial charge on any atom is 0.174 e. The van der Waals surface area contributed by atoms with Crippen molar-refractivity contribution in [2.24, 2.45) is 0 Å². The average molecular weight is 364 g/mol. The fourth-order valence-electron chi connectivity index (χ4n) is 3.53. The molecule has 4 rings (SSSR count). The summed E-state index contributed by atoms with van der Waals surface area (Å²) < 4.78 is 2.23. The SMILES string of the molecule is CCn1cccc1[C@@H]1[C@H](c2ccccn2)NC(=S)N1c1ccc(O)cc1. The maximum atomic E-state index is 9.65. The van der Waals surface area contributed by atoms with Crippen LogP contribution in [0.1, 0.15) is 30.4 Å². The van der Waals surface area contributed by atoms with Crippen molar-refractivity contribution in [1.29, 1.82) is 0 Å². The Hall–Kier alpha value is -2.86. The summed E-state index contributed by atoms with van der Waals surface area (Å²) in [4.78, 5) is 6.66. The predicted octanol–water partition coefficient (Wildman–Crippen LogP) is 3.79. The fourth-order valence-corrected chi connectivity index (χ4v) is 3.88. The van der Waals surface area contributed by atoms with Crippen LogP contribution in [-0.2, 0) is 6.54 Å². The number of benzene rings is 1. The second-order valence-electron chi connectivity index (χ2n) is 6.23. The van der Waals surface area contributed by atoms with Crippen LogP contribution < -0.4 is 10.2 Å². The highest BCUT2D eigenvalue weighted by Crippen LogP contribution is 2.41. The topological polar surface area (TPSA) is 53.3 Å². The standard InChI is InChI=1S/C20H20N4OS/c1-2-23-13-5-7-17(23)19-18(16-6-3-4-12-21-16)22-20(26)24(19)14-8-10-15(25)11-9-14/h3-13,18-19,25H,2H2,1H3,(H,22,26)/t18-,19+/m0/s1. The Morgan fingerprint density at radius 2 is 1.92 bits per heavy atom. The van der Waals surface area contributed by atoms with Crippen LogP contribution in [-0.4, -0.2) is 19.8 Å². The number of nitrogens with one attached hydrogen (secondary N) is 1. The molecule has 0 amide bonds. The van der Waals surface area contributed by atoms with Crippen LogP contribution in [0.4, 0.5) is 5.69 Å². The molecule has 1 aromatic carbocycles. The molecule has 1 aliphatic heterocycles. The van der Waals surface area contributed by atoms with Crippen molar-refractivity contribution in [3.63, 3.8) is 0 Å². The molecule has 0 spiro atoms. The first-order valence-corrected chi connectivity index (χ1v) is 9.04. The second-order valence-corrected chi connectivity index (χ2v) is 6.62. The van der Waals surface area contributed by atoms with Gasteiger partial charge in [0.2, 0.25) is 0 Å². The minimum absolute atomic E-state index is 0.0307. The number of rotatable bonds is 4. The lowest BCUT2D eigenvalue weighted by molar-refractivity contribution is 0.475. The number of hydrogen-bond acceptors (Lipinski definition) is 3. The van der Waals surface area contributed by atoms with Crippen LogP contribution in [0.3, 0.4) is 0 Å². The molecule has 0 aliphatic carbocycles. The van der Waals surface area contributed by atoms with E-state index in [0.717, 1.165) is 17.9 Å². The molecule has 1 fully saturated rings. The first-order chi connectivity index (χ1) is 12.7. The first-order valence-electron chi connectivity index (χ1n) is 8.63. The average Bonchev–Trinajstić information content (AvgIpc) is 3.27. The summed E-state index contributed by atoms with van der Waals surface area (Å²) >= 11 is 5.68. The van der Waals surface area contributed by atoms with E-state index in [2.05, 4.69) is 45.0 Å². The van der Waals surface area contributed by atoms with Gasteiger partial charge < -0.3 is 19.9 Å². The van der Waals surface area contributed by atoms with Gasteiger partial charge in [-0.05, 0) is 67.7 Å². The van der Waals surface area contributed by atoms with Crippen LogP contribution in [0, 0.1) is 0 Å². The highest BCUT2D eigenvalue weighted by molar-refractivity contribution is 7.80. The van der Waals surface area contributed by atoms with Crippen molar-refractivity contribution in [2.45, 2.75) is 25.6 Å². The van der Waals surface area contributed by atoms with Crippen molar-refractivity contribution >= 4 is 23.0 Å². The molecule has 5 nitrogen and oxygen atoms in total. The lowest BCUT2D eigenvalue weighted by Crippen LogP contribution is -2.30. The molecule has 6 heteroatoms. The Morgan fingerprint density at radius 1 is 1.12 bits per heavy atom. The molecule has 2 N–H and O–H groups in total. The number of anilines is 1. The smallest absolute Gasteiger partial charge is 0.174 e. The van der Waals surface area contributed by atoms with Crippen LogP contribution in [0.25, 0.3) is 0 Å². The summed E-state index contributed by atoms with van der Waals surface area (Å²) in [5.74, 6) is 0.238. The first kappa shape index (κ1) is 16.6.